The van der Waals surface area contributed by atoms with Gasteiger partial charge < -0.3 is 4.90 Å². The molecule has 0 fully saturated rings. The number of rotatable bonds is 2. The third kappa shape index (κ3) is 2.78. The van der Waals surface area contributed by atoms with Gasteiger partial charge in [0.15, 0.2) is 0 Å². The van der Waals surface area contributed by atoms with Crippen molar-refractivity contribution in [2.45, 2.75) is 13.1 Å². The Labute approximate surface area is 137 Å². The number of amides is 2. The summed E-state index contributed by atoms with van der Waals surface area (Å²) >= 11 is 9.67. The van der Waals surface area contributed by atoms with Crippen LogP contribution in [-0.2, 0) is 13.1 Å². The summed E-state index contributed by atoms with van der Waals surface area (Å²) < 4.78 is 0.929. The van der Waals surface area contributed by atoms with Crippen LogP contribution >= 0.6 is 27.5 Å². The fraction of sp³-hybridized carbons (Fsp3) is 0.188. The summed E-state index contributed by atoms with van der Waals surface area (Å²) in [4.78, 5) is 16.0. The summed E-state index contributed by atoms with van der Waals surface area (Å²) in [5, 5.41) is 0.655. The third-order valence-electron chi connectivity index (χ3n) is 3.59. The smallest absolute Gasteiger partial charge is 0.323 e. The van der Waals surface area contributed by atoms with Crippen LogP contribution in [0.3, 0.4) is 0 Å². The first kappa shape index (κ1) is 14.4. The van der Waals surface area contributed by atoms with Crippen molar-refractivity contribution in [2.75, 3.05) is 11.9 Å². The molecule has 108 valence electrons. The molecule has 3 nitrogen and oxygen atoms in total. The summed E-state index contributed by atoms with van der Waals surface area (Å²) in [5.74, 6) is 0. The number of carbonyl (C=O) groups excluding carboxylic acids is 1. The van der Waals surface area contributed by atoms with Crippen LogP contribution in [-0.4, -0.2) is 18.0 Å². The Balaban J connectivity index is 1.99. The standard InChI is InChI=1S/C16H14BrClN2O/c1-19-9-12-4-2-3-5-15(12)20(16(19)21)10-11-6-7-13(17)8-14(11)18/h2-8H,9-10H2,1H3. The minimum Gasteiger partial charge on any atom is -0.323 e. The zero-order valence-electron chi connectivity index (χ0n) is 11.5. The van der Waals surface area contributed by atoms with E-state index in [9.17, 15) is 4.79 Å². The van der Waals surface area contributed by atoms with Crippen molar-refractivity contribution in [2.24, 2.45) is 0 Å². The maximum absolute atomic E-state index is 12.5. The average Bonchev–Trinajstić information content (AvgIpc) is 2.46. The predicted octanol–water partition coefficient (Wildman–Crippen LogP) is 4.67. The van der Waals surface area contributed by atoms with E-state index >= 15 is 0 Å². The second kappa shape index (κ2) is 5.70. The van der Waals surface area contributed by atoms with Crippen molar-refractivity contribution in [3.05, 3.63) is 63.1 Å². The third-order valence-corrected chi connectivity index (χ3v) is 4.44. The lowest BCUT2D eigenvalue weighted by Crippen LogP contribution is -2.44. The molecule has 0 aliphatic carbocycles. The minimum atomic E-state index is -0.00677. The zero-order valence-corrected chi connectivity index (χ0v) is 13.9. The Morgan fingerprint density at radius 2 is 2.00 bits per heavy atom. The van der Waals surface area contributed by atoms with Gasteiger partial charge in [-0.1, -0.05) is 51.8 Å². The molecule has 0 N–H and O–H groups in total. The van der Waals surface area contributed by atoms with Crippen molar-refractivity contribution in [3.63, 3.8) is 0 Å². The Kier molecular flexibility index (Phi) is 3.91. The molecule has 0 radical (unpaired) electrons. The van der Waals surface area contributed by atoms with Crippen LogP contribution < -0.4 is 4.90 Å². The van der Waals surface area contributed by atoms with Gasteiger partial charge in [0.2, 0.25) is 0 Å². The maximum atomic E-state index is 12.5. The van der Waals surface area contributed by atoms with Crippen LogP contribution in [0.15, 0.2) is 46.9 Å². The van der Waals surface area contributed by atoms with Crippen molar-refractivity contribution in [1.82, 2.24) is 4.90 Å². The monoisotopic (exact) mass is 364 g/mol. The fourth-order valence-electron chi connectivity index (χ4n) is 2.51. The van der Waals surface area contributed by atoms with E-state index in [4.69, 9.17) is 11.6 Å². The molecule has 21 heavy (non-hydrogen) atoms. The molecule has 0 saturated heterocycles. The number of para-hydroxylation sites is 1. The molecule has 0 saturated carbocycles. The van der Waals surface area contributed by atoms with Gasteiger partial charge in [0, 0.05) is 23.1 Å². The first-order valence-corrected chi connectivity index (χ1v) is 7.78. The molecule has 3 rings (SSSR count). The Morgan fingerprint density at radius 1 is 1.24 bits per heavy atom. The highest BCUT2D eigenvalue weighted by Gasteiger charge is 2.28. The Morgan fingerprint density at radius 3 is 2.76 bits per heavy atom. The van der Waals surface area contributed by atoms with E-state index < -0.39 is 0 Å². The lowest BCUT2D eigenvalue weighted by Gasteiger charge is -2.35. The van der Waals surface area contributed by atoms with Crippen molar-refractivity contribution >= 4 is 39.2 Å². The summed E-state index contributed by atoms with van der Waals surface area (Å²) in [7, 11) is 1.81. The lowest BCUT2D eigenvalue weighted by molar-refractivity contribution is 0.210. The molecule has 0 unspecified atom stereocenters. The second-order valence-corrected chi connectivity index (χ2v) is 6.41. The summed E-state index contributed by atoms with van der Waals surface area (Å²) in [6.45, 7) is 1.10. The molecule has 0 spiro atoms. The van der Waals surface area contributed by atoms with Crippen molar-refractivity contribution in [1.29, 1.82) is 0 Å². The molecule has 0 aromatic heterocycles. The molecule has 0 atom stereocenters. The molecule has 1 aliphatic rings. The Hall–Kier alpha value is -1.52. The van der Waals surface area contributed by atoms with Gasteiger partial charge in [-0.2, -0.15) is 0 Å². The molecule has 2 aromatic carbocycles. The number of urea groups is 1. The normalized spacial score (nSPS) is 14.3. The van der Waals surface area contributed by atoms with E-state index in [1.54, 1.807) is 9.80 Å². The topological polar surface area (TPSA) is 23.6 Å². The molecule has 5 heteroatoms. The molecular weight excluding hydrogens is 352 g/mol. The number of fused-ring (bicyclic) bond motifs is 1. The molecule has 0 bridgehead atoms. The molecule has 2 amide bonds. The Bertz CT molecular complexity index is 704. The van der Waals surface area contributed by atoms with E-state index in [2.05, 4.69) is 22.0 Å². The molecule has 1 heterocycles. The van der Waals surface area contributed by atoms with Crippen LogP contribution in [0.2, 0.25) is 5.02 Å². The average molecular weight is 366 g/mol. The number of hydrogen-bond acceptors (Lipinski definition) is 1. The van der Waals surface area contributed by atoms with Crippen LogP contribution in [0.1, 0.15) is 11.1 Å². The fourth-order valence-corrected chi connectivity index (χ4v) is 3.25. The van der Waals surface area contributed by atoms with Crippen LogP contribution in [0.4, 0.5) is 10.5 Å². The van der Waals surface area contributed by atoms with E-state index in [1.807, 2.05) is 43.4 Å². The van der Waals surface area contributed by atoms with Gasteiger partial charge in [-0.3, -0.25) is 4.90 Å². The zero-order chi connectivity index (χ0) is 15.0. The number of halogens is 2. The van der Waals surface area contributed by atoms with Crippen LogP contribution in [0.5, 0.6) is 0 Å². The highest BCUT2D eigenvalue weighted by molar-refractivity contribution is 9.10. The minimum absolute atomic E-state index is 0.00677. The van der Waals surface area contributed by atoms with Gasteiger partial charge in [-0.25, -0.2) is 4.79 Å². The van der Waals surface area contributed by atoms with Gasteiger partial charge in [0.25, 0.3) is 0 Å². The highest BCUT2D eigenvalue weighted by Crippen LogP contribution is 2.31. The number of carbonyl (C=O) groups is 1. The van der Waals surface area contributed by atoms with Gasteiger partial charge >= 0.3 is 6.03 Å². The van der Waals surface area contributed by atoms with Crippen LogP contribution in [0.25, 0.3) is 0 Å². The lowest BCUT2D eigenvalue weighted by atomic mass is 10.1. The molecular formula is C16H14BrClN2O. The SMILES string of the molecule is CN1Cc2ccccc2N(Cc2ccc(Br)cc2Cl)C1=O. The number of benzene rings is 2. The number of anilines is 1. The van der Waals surface area contributed by atoms with E-state index in [1.165, 1.54) is 0 Å². The van der Waals surface area contributed by atoms with E-state index in [0.29, 0.717) is 18.1 Å². The second-order valence-electron chi connectivity index (χ2n) is 5.09. The summed E-state index contributed by atoms with van der Waals surface area (Å²) in [5.41, 5.74) is 3.03. The number of hydrogen-bond donors (Lipinski definition) is 0. The van der Waals surface area contributed by atoms with E-state index in [-0.39, 0.29) is 6.03 Å². The molecule has 1 aliphatic heterocycles. The first-order valence-electron chi connectivity index (χ1n) is 6.61. The number of nitrogens with zero attached hydrogens (tertiary/aromatic N) is 2. The largest absolute Gasteiger partial charge is 0.324 e. The first-order chi connectivity index (χ1) is 10.1. The highest BCUT2D eigenvalue weighted by atomic mass is 79.9. The quantitative estimate of drug-likeness (QED) is 0.758. The van der Waals surface area contributed by atoms with E-state index in [0.717, 1.165) is 21.3 Å². The van der Waals surface area contributed by atoms with Crippen molar-refractivity contribution < 1.29 is 4.79 Å². The van der Waals surface area contributed by atoms with Crippen molar-refractivity contribution in [3.8, 4) is 0 Å². The van der Waals surface area contributed by atoms with Gasteiger partial charge in [0.1, 0.15) is 0 Å². The summed E-state index contributed by atoms with van der Waals surface area (Å²) in [6.07, 6.45) is 0. The van der Waals surface area contributed by atoms with Crippen LogP contribution in [0, 0.1) is 0 Å². The predicted molar refractivity (Wildman–Crippen MR) is 88.6 cm³/mol. The van der Waals surface area contributed by atoms with Gasteiger partial charge in [-0.05, 0) is 29.3 Å². The summed E-state index contributed by atoms with van der Waals surface area (Å²) in [6, 6.07) is 13.7. The van der Waals surface area contributed by atoms with Gasteiger partial charge in [-0.15, -0.1) is 0 Å². The molecule has 2 aromatic rings. The maximum Gasteiger partial charge on any atom is 0.324 e. The van der Waals surface area contributed by atoms with Gasteiger partial charge in [0.05, 0.1) is 12.2 Å².